The summed E-state index contributed by atoms with van der Waals surface area (Å²) in [6.07, 6.45) is 3.24. The van der Waals surface area contributed by atoms with Crippen molar-refractivity contribution in [1.29, 1.82) is 0 Å². The predicted molar refractivity (Wildman–Crippen MR) is 75.8 cm³/mol. The van der Waals surface area contributed by atoms with E-state index in [4.69, 9.17) is 4.74 Å². The van der Waals surface area contributed by atoms with Gasteiger partial charge in [0.15, 0.2) is 0 Å². The third-order valence-electron chi connectivity index (χ3n) is 2.32. The van der Waals surface area contributed by atoms with E-state index in [0.717, 1.165) is 19.3 Å². The molecule has 0 aromatic carbocycles. The number of hydrogen-bond donors (Lipinski definition) is 2. The Labute approximate surface area is 116 Å². The Bertz CT molecular complexity index is 239. The van der Waals surface area contributed by atoms with Gasteiger partial charge in [0.25, 0.3) is 0 Å². The molecule has 2 amide bonds. The number of amides is 2. The average Bonchev–Trinajstić information content (AvgIpc) is 2.25. The Hall–Kier alpha value is -1.10. The molecule has 19 heavy (non-hydrogen) atoms. The molecule has 5 heteroatoms. The summed E-state index contributed by atoms with van der Waals surface area (Å²) in [5.41, 5.74) is 0. The normalized spacial score (nSPS) is 10.8. The van der Waals surface area contributed by atoms with Crippen molar-refractivity contribution in [1.82, 2.24) is 10.6 Å². The van der Waals surface area contributed by atoms with E-state index in [2.05, 4.69) is 10.6 Å². The van der Waals surface area contributed by atoms with Gasteiger partial charge in [0.05, 0.1) is 0 Å². The largest absolute Gasteiger partial charge is 0.372 e. The van der Waals surface area contributed by atoms with E-state index < -0.39 is 0 Å². The Morgan fingerprint density at radius 3 is 2.05 bits per heavy atom. The smallest absolute Gasteiger partial charge is 0.246 e. The second kappa shape index (κ2) is 10.8. The lowest BCUT2D eigenvalue weighted by Crippen LogP contribution is -2.33. The van der Waals surface area contributed by atoms with E-state index in [0.29, 0.717) is 13.0 Å². The van der Waals surface area contributed by atoms with Gasteiger partial charge in [-0.25, -0.2) is 0 Å². The van der Waals surface area contributed by atoms with Crippen molar-refractivity contribution in [2.45, 2.75) is 65.5 Å². The minimum atomic E-state index is -0.0775. The van der Waals surface area contributed by atoms with Gasteiger partial charge >= 0.3 is 0 Å². The summed E-state index contributed by atoms with van der Waals surface area (Å²) in [4.78, 5) is 22.6. The van der Waals surface area contributed by atoms with Gasteiger partial charge < -0.3 is 15.4 Å². The zero-order chi connectivity index (χ0) is 14.7. The molecule has 112 valence electrons. The molecule has 0 atom stereocenters. The first-order valence-electron chi connectivity index (χ1n) is 7.08. The Balaban J connectivity index is 3.32. The molecule has 0 spiro atoms. The van der Waals surface area contributed by atoms with E-state index in [1.165, 1.54) is 0 Å². The van der Waals surface area contributed by atoms with E-state index in [1.54, 1.807) is 0 Å². The molecular formula is C14H28N2O3. The van der Waals surface area contributed by atoms with Crippen LogP contribution in [-0.2, 0) is 14.3 Å². The van der Waals surface area contributed by atoms with Crippen LogP contribution < -0.4 is 10.6 Å². The molecule has 0 aromatic rings. The quantitative estimate of drug-likeness (QED) is 0.594. The first-order valence-corrected chi connectivity index (χ1v) is 7.08. The third kappa shape index (κ3) is 13.1. The van der Waals surface area contributed by atoms with E-state index in [-0.39, 0.29) is 30.5 Å². The molecule has 0 fully saturated rings. The van der Waals surface area contributed by atoms with Gasteiger partial charge in [0, 0.05) is 25.1 Å². The van der Waals surface area contributed by atoms with Gasteiger partial charge in [-0.15, -0.1) is 0 Å². The Morgan fingerprint density at radius 1 is 0.895 bits per heavy atom. The fourth-order valence-electron chi connectivity index (χ4n) is 1.59. The summed E-state index contributed by atoms with van der Waals surface area (Å²) in [7, 11) is 0. The van der Waals surface area contributed by atoms with Crippen molar-refractivity contribution in [3.05, 3.63) is 0 Å². The van der Waals surface area contributed by atoms with Crippen molar-refractivity contribution < 1.29 is 14.3 Å². The molecule has 5 nitrogen and oxygen atoms in total. The lowest BCUT2D eigenvalue weighted by molar-refractivity contribution is -0.126. The second-order valence-corrected chi connectivity index (χ2v) is 5.31. The monoisotopic (exact) mass is 272 g/mol. The Kier molecular flexibility index (Phi) is 10.2. The second-order valence-electron chi connectivity index (χ2n) is 5.31. The molecule has 0 aliphatic rings. The number of unbranched alkanes of at least 4 members (excludes halogenated alkanes) is 2. The van der Waals surface area contributed by atoms with Crippen LogP contribution in [0.5, 0.6) is 0 Å². The van der Waals surface area contributed by atoms with Crippen molar-refractivity contribution in [3.8, 4) is 0 Å². The number of hydrogen-bond acceptors (Lipinski definition) is 3. The number of carbonyl (C=O) groups excluding carboxylic acids is 2. The van der Waals surface area contributed by atoms with Gasteiger partial charge in [-0.1, -0.05) is 6.42 Å². The van der Waals surface area contributed by atoms with Crippen molar-refractivity contribution >= 4 is 11.8 Å². The molecular weight excluding hydrogens is 244 g/mol. The van der Waals surface area contributed by atoms with Crippen LogP contribution >= 0.6 is 0 Å². The maximum atomic E-state index is 11.3. The zero-order valence-electron chi connectivity index (χ0n) is 12.6. The van der Waals surface area contributed by atoms with Crippen molar-refractivity contribution in [3.63, 3.8) is 0 Å². The Morgan fingerprint density at radius 2 is 1.47 bits per heavy atom. The number of rotatable bonds is 10. The van der Waals surface area contributed by atoms with Crippen molar-refractivity contribution in [2.75, 3.05) is 13.2 Å². The summed E-state index contributed by atoms with van der Waals surface area (Å²) < 4.78 is 5.26. The lowest BCUT2D eigenvalue weighted by atomic mass is 10.2. The highest BCUT2D eigenvalue weighted by molar-refractivity contribution is 5.77. The van der Waals surface area contributed by atoms with Crippen LogP contribution in [0, 0.1) is 0 Å². The van der Waals surface area contributed by atoms with Crippen LogP contribution in [0.2, 0.25) is 0 Å². The number of carbonyl (C=O) groups is 2. The molecule has 0 radical (unpaired) electrons. The highest BCUT2D eigenvalue weighted by Crippen LogP contribution is 2.00. The maximum absolute atomic E-state index is 11.3. The van der Waals surface area contributed by atoms with Crippen LogP contribution in [0.1, 0.15) is 53.4 Å². The van der Waals surface area contributed by atoms with Crippen LogP contribution in [0.4, 0.5) is 0 Å². The molecule has 0 heterocycles. The zero-order valence-corrected chi connectivity index (χ0v) is 12.6. The van der Waals surface area contributed by atoms with E-state index in [9.17, 15) is 9.59 Å². The van der Waals surface area contributed by atoms with E-state index in [1.807, 2.05) is 27.7 Å². The first-order chi connectivity index (χ1) is 8.91. The molecule has 0 aromatic heterocycles. The summed E-state index contributed by atoms with van der Waals surface area (Å²) >= 11 is 0. The highest BCUT2D eigenvalue weighted by Gasteiger charge is 2.04. The minimum Gasteiger partial charge on any atom is -0.372 e. The third-order valence-corrected chi connectivity index (χ3v) is 2.32. The van der Waals surface area contributed by atoms with Crippen molar-refractivity contribution in [2.24, 2.45) is 0 Å². The van der Waals surface area contributed by atoms with Crippen LogP contribution in [0.15, 0.2) is 0 Å². The maximum Gasteiger partial charge on any atom is 0.246 e. The predicted octanol–water partition coefficient (Wildman–Crippen LogP) is 1.61. The molecule has 0 unspecified atom stereocenters. The highest BCUT2D eigenvalue weighted by atomic mass is 16.5. The van der Waals surface area contributed by atoms with Crippen LogP contribution in [-0.4, -0.2) is 37.1 Å². The molecule has 0 rings (SSSR count). The van der Waals surface area contributed by atoms with Gasteiger partial charge in [0.1, 0.15) is 6.61 Å². The molecule has 0 aliphatic heterocycles. The molecule has 2 N–H and O–H groups in total. The first kappa shape index (κ1) is 17.9. The van der Waals surface area contributed by atoms with Gasteiger partial charge in [-0.3, -0.25) is 9.59 Å². The fourth-order valence-corrected chi connectivity index (χ4v) is 1.59. The summed E-state index contributed by atoms with van der Waals surface area (Å²) in [5, 5.41) is 5.62. The minimum absolute atomic E-state index is 0.0775. The van der Waals surface area contributed by atoms with Gasteiger partial charge in [0.2, 0.25) is 11.8 Å². The van der Waals surface area contributed by atoms with E-state index >= 15 is 0 Å². The number of ether oxygens (including phenoxy) is 1. The van der Waals surface area contributed by atoms with Gasteiger partial charge in [-0.2, -0.15) is 0 Å². The molecule has 0 saturated heterocycles. The SMILES string of the molecule is CC(C)NC(=O)CCCCCOCC(=O)NC(C)C. The number of nitrogens with one attached hydrogen (secondary N) is 2. The van der Waals surface area contributed by atoms with Crippen LogP contribution in [0.25, 0.3) is 0 Å². The molecule has 0 aliphatic carbocycles. The standard InChI is InChI=1S/C14H28N2O3/c1-11(2)15-13(17)8-6-5-7-9-19-10-14(18)16-12(3)4/h11-12H,5-10H2,1-4H3,(H,15,17)(H,16,18). The molecule has 0 saturated carbocycles. The van der Waals surface area contributed by atoms with Crippen LogP contribution in [0.3, 0.4) is 0 Å². The topological polar surface area (TPSA) is 67.4 Å². The summed E-state index contributed by atoms with van der Waals surface area (Å²) in [6.45, 7) is 8.42. The van der Waals surface area contributed by atoms with Gasteiger partial charge in [-0.05, 0) is 40.5 Å². The average molecular weight is 272 g/mol. The lowest BCUT2D eigenvalue weighted by Gasteiger charge is -2.09. The fraction of sp³-hybridized carbons (Fsp3) is 0.857. The molecule has 0 bridgehead atoms. The summed E-state index contributed by atoms with van der Waals surface area (Å²) in [5.74, 6) is 0.0264. The summed E-state index contributed by atoms with van der Waals surface area (Å²) in [6, 6.07) is 0.353.